The van der Waals surface area contributed by atoms with Crippen LogP contribution in [-0.4, -0.2) is 35.2 Å². The summed E-state index contributed by atoms with van der Waals surface area (Å²) in [5, 5.41) is 10.2. The van der Waals surface area contributed by atoms with Gasteiger partial charge in [0.25, 0.3) is 0 Å². The lowest BCUT2D eigenvalue weighted by molar-refractivity contribution is -0.123. The topological polar surface area (TPSA) is 92.4 Å². The zero-order chi connectivity index (χ0) is 24.1. The van der Waals surface area contributed by atoms with Crippen molar-refractivity contribution >= 4 is 40.6 Å². The van der Waals surface area contributed by atoms with Crippen molar-refractivity contribution in [3.63, 3.8) is 0 Å². The average molecular weight is 497 g/mol. The number of aryl methyl sites for hydroxylation is 2. The molecule has 178 valence electrons. The molecule has 2 heterocycles. The number of thioether (sulfide) groups is 1. The van der Waals surface area contributed by atoms with Gasteiger partial charge in [0.1, 0.15) is 16.3 Å². The highest BCUT2D eigenvalue weighted by atomic mass is 32.2. The smallest absolute Gasteiger partial charge is 0.234 e. The Morgan fingerprint density at radius 3 is 2.62 bits per heavy atom. The summed E-state index contributed by atoms with van der Waals surface area (Å²) in [5.74, 6) is 0.863. The lowest BCUT2D eigenvalue weighted by Gasteiger charge is -2.30. The van der Waals surface area contributed by atoms with Gasteiger partial charge in [0.2, 0.25) is 11.8 Å². The van der Waals surface area contributed by atoms with Gasteiger partial charge in [-0.1, -0.05) is 19.1 Å². The monoisotopic (exact) mass is 496 g/mol. The van der Waals surface area contributed by atoms with Gasteiger partial charge < -0.3 is 15.4 Å². The van der Waals surface area contributed by atoms with Crippen LogP contribution in [0.1, 0.15) is 35.5 Å². The number of ether oxygens (including phenoxy) is 1. The van der Waals surface area contributed by atoms with E-state index in [-0.39, 0.29) is 29.1 Å². The van der Waals surface area contributed by atoms with Gasteiger partial charge in [0.05, 0.1) is 24.6 Å². The molecule has 0 saturated carbocycles. The van der Waals surface area contributed by atoms with Gasteiger partial charge in [0, 0.05) is 22.5 Å². The molecule has 4 rings (SSSR count). The van der Waals surface area contributed by atoms with Crippen molar-refractivity contribution in [2.45, 2.75) is 38.2 Å². The van der Waals surface area contributed by atoms with E-state index < -0.39 is 0 Å². The summed E-state index contributed by atoms with van der Waals surface area (Å²) in [6, 6.07) is 15.5. The second-order valence-corrected chi connectivity index (χ2v) is 10.1. The van der Waals surface area contributed by atoms with Crippen LogP contribution >= 0.6 is 23.1 Å². The summed E-state index contributed by atoms with van der Waals surface area (Å²) < 4.78 is 5.23. The molecular formula is C25H28N4O3S2. The molecule has 1 aliphatic rings. The van der Waals surface area contributed by atoms with Crippen molar-refractivity contribution in [3.8, 4) is 16.3 Å². The highest BCUT2D eigenvalue weighted by Crippen LogP contribution is 2.35. The van der Waals surface area contributed by atoms with Crippen LogP contribution in [0.3, 0.4) is 0 Å². The second kappa shape index (κ2) is 11.0. The van der Waals surface area contributed by atoms with Crippen LogP contribution in [0, 0.1) is 6.92 Å². The molecule has 1 aromatic heterocycles. The third-order valence-corrected chi connectivity index (χ3v) is 7.88. The Bertz CT molecular complexity index is 1150. The maximum atomic E-state index is 12.4. The van der Waals surface area contributed by atoms with E-state index in [1.54, 1.807) is 18.4 Å². The first-order valence-corrected chi connectivity index (χ1v) is 13.0. The fourth-order valence-electron chi connectivity index (χ4n) is 3.70. The molecule has 0 bridgehead atoms. The van der Waals surface area contributed by atoms with Gasteiger partial charge in [0.15, 0.2) is 0 Å². The average Bonchev–Trinajstić information content (AvgIpc) is 3.24. The van der Waals surface area contributed by atoms with E-state index in [9.17, 15) is 9.59 Å². The zero-order valence-corrected chi connectivity index (χ0v) is 21.0. The number of hydrogen-bond acceptors (Lipinski definition) is 7. The number of nitrogens with one attached hydrogen (secondary N) is 3. The van der Waals surface area contributed by atoms with Crippen molar-refractivity contribution in [2.75, 3.05) is 18.2 Å². The van der Waals surface area contributed by atoms with Gasteiger partial charge in [-0.05, 0) is 55.3 Å². The van der Waals surface area contributed by atoms with Crippen LogP contribution in [0.5, 0.6) is 5.75 Å². The molecule has 9 heteroatoms. The Morgan fingerprint density at radius 1 is 1.21 bits per heavy atom. The van der Waals surface area contributed by atoms with Crippen molar-refractivity contribution in [3.05, 3.63) is 64.7 Å². The van der Waals surface area contributed by atoms with E-state index in [1.807, 2.05) is 55.5 Å². The maximum absolute atomic E-state index is 12.4. The Hall–Kier alpha value is -2.88. The van der Waals surface area contributed by atoms with Gasteiger partial charge in [-0.2, -0.15) is 0 Å². The summed E-state index contributed by atoms with van der Waals surface area (Å²) in [6.45, 7) is 4.06. The molecule has 2 aromatic carbocycles. The maximum Gasteiger partial charge on any atom is 0.234 e. The van der Waals surface area contributed by atoms with Gasteiger partial charge in [-0.25, -0.2) is 4.98 Å². The number of aromatic nitrogens is 1. The minimum absolute atomic E-state index is 0.0457. The summed E-state index contributed by atoms with van der Waals surface area (Å²) >= 11 is 2.95. The number of anilines is 1. The summed E-state index contributed by atoms with van der Waals surface area (Å²) in [7, 11) is 1.64. The normalized spacial score (nSPS) is 17.8. The highest BCUT2D eigenvalue weighted by molar-refractivity contribution is 8.00. The number of hydrogen-bond donors (Lipinski definition) is 3. The van der Waals surface area contributed by atoms with Crippen molar-refractivity contribution in [1.29, 1.82) is 0 Å². The first kappa shape index (κ1) is 24.3. The van der Waals surface area contributed by atoms with Crippen LogP contribution in [0.2, 0.25) is 0 Å². The number of benzene rings is 2. The molecule has 2 amide bonds. The second-order valence-electron chi connectivity index (χ2n) is 7.98. The summed E-state index contributed by atoms with van der Waals surface area (Å²) in [4.78, 5) is 30.6. The number of carbonyl (C=O) groups excluding carboxylic acids is 2. The van der Waals surface area contributed by atoms with E-state index in [0.717, 1.165) is 39.0 Å². The minimum atomic E-state index is -0.356. The number of carbonyl (C=O) groups is 2. The number of nitrogens with zero attached hydrogens (tertiary/aromatic N) is 1. The van der Waals surface area contributed by atoms with E-state index in [4.69, 9.17) is 9.72 Å². The van der Waals surface area contributed by atoms with Crippen LogP contribution in [0.15, 0.2) is 48.5 Å². The number of rotatable bonds is 8. The molecule has 0 spiro atoms. The fourth-order valence-corrected chi connectivity index (χ4v) is 5.70. The molecule has 3 N–H and O–H groups in total. The third kappa shape index (κ3) is 5.97. The van der Waals surface area contributed by atoms with Crippen LogP contribution in [0.25, 0.3) is 10.6 Å². The number of thiazole rings is 1. The quantitative estimate of drug-likeness (QED) is 0.425. The third-order valence-electron chi connectivity index (χ3n) is 5.55. The molecule has 1 saturated heterocycles. The lowest BCUT2D eigenvalue weighted by Crippen LogP contribution is -2.51. The Kier molecular flexibility index (Phi) is 7.87. The van der Waals surface area contributed by atoms with Gasteiger partial charge in [-0.15, -0.1) is 23.1 Å². The molecule has 3 aromatic rings. The Labute approximate surface area is 207 Å². The zero-order valence-electron chi connectivity index (χ0n) is 19.4. The SMILES string of the molecule is CCc1ccc(NC(=O)CSC2NC(=O)CC(c3sc(-c4ccc(OC)cc4)nc3C)N2)cc1. The van der Waals surface area contributed by atoms with Crippen LogP contribution < -0.4 is 20.7 Å². The summed E-state index contributed by atoms with van der Waals surface area (Å²) in [5.41, 5.74) is 3.55. The van der Waals surface area contributed by atoms with Crippen LogP contribution in [-0.2, 0) is 16.0 Å². The van der Waals surface area contributed by atoms with E-state index in [0.29, 0.717) is 6.42 Å². The predicted molar refractivity (Wildman–Crippen MR) is 138 cm³/mol. The molecule has 7 nitrogen and oxygen atoms in total. The van der Waals surface area contributed by atoms with Gasteiger partial charge >= 0.3 is 0 Å². The molecule has 1 aliphatic heterocycles. The molecule has 2 unspecified atom stereocenters. The minimum Gasteiger partial charge on any atom is -0.497 e. The molecule has 2 atom stereocenters. The largest absolute Gasteiger partial charge is 0.497 e. The first-order chi connectivity index (χ1) is 16.4. The number of amides is 2. The van der Waals surface area contributed by atoms with E-state index in [1.165, 1.54) is 17.3 Å². The first-order valence-electron chi connectivity index (χ1n) is 11.1. The number of methoxy groups -OCH3 is 1. The molecular weight excluding hydrogens is 468 g/mol. The van der Waals surface area contributed by atoms with Crippen molar-refractivity contribution in [1.82, 2.24) is 15.6 Å². The molecule has 1 fully saturated rings. The van der Waals surface area contributed by atoms with Crippen LogP contribution in [0.4, 0.5) is 5.69 Å². The fraction of sp³-hybridized carbons (Fsp3) is 0.320. The molecule has 0 aliphatic carbocycles. The van der Waals surface area contributed by atoms with Gasteiger partial charge in [-0.3, -0.25) is 14.9 Å². The lowest BCUT2D eigenvalue weighted by atomic mass is 10.1. The standard InChI is InChI=1S/C25H28N4O3S2/c1-4-16-5-9-18(10-6-16)27-22(31)14-33-25-28-20(13-21(30)29-25)23-15(2)26-24(34-23)17-7-11-19(32-3)12-8-17/h5-12,20,25,28H,4,13-14H2,1-3H3,(H,27,31)(H,29,30). The Morgan fingerprint density at radius 2 is 1.94 bits per heavy atom. The molecule has 34 heavy (non-hydrogen) atoms. The Balaban J connectivity index is 1.37. The summed E-state index contributed by atoms with van der Waals surface area (Å²) in [6.07, 6.45) is 1.29. The van der Waals surface area contributed by atoms with E-state index in [2.05, 4.69) is 22.9 Å². The highest BCUT2D eigenvalue weighted by Gasteiger charge is 2.30. The van der Waals surface area contributed by atoms with Crippen molar-refractivity contribution in [2.24, 2.45) is 0 Å². The van der Waals surface area contributed by atoms with Crippen molar-refractivity contribution < 1.29 is 14.3 Å². The predicted octanol–water partition coefficient (Wildman–Crippen LogP) is 4.50. The molecule has 0 radical (unpaired) electrons. The van der Waals surface area contributed by atoms with E-state index >= 15 is 0 Å².